The van der Waals surface area contributed by atoms with Gasteiger partial charge in [0.1, 0.15) is 0 Å². The van der Waals surface area contributed by atoms with Gasteiger partial charge < -0.3 is 4.90 Å². The highest BCUT2D eigenvalue weighted by Gasteiger charge is 2.30. The number of hydrogen-bond acceptors (Lipinski definition) is 4. The molecule has 1 aliphatic rings. The molecule has 3 rings (SSSR count). The molecule has 0 N–H and O–H groups in total. The lowest BCUT2D eigenvalue weighted by molar-refractivity contribution is 0.0697. The van der Waals surface area contributed by atoms with Gasteiger partial charge in [0.15, 0.2) is 0 Å². The zero-order chi connectivity index (χ0) is 18.0. The monoisotopic (exact) mass is 443 g/mol. The summed E-state index contributed by atoms with van der Waals surface area (Å²) in [7, 11) is -3.61. The number of sulfonamides is 1. The maximum absolute atomic E-state index is 12.7. The highest BCUT2D eigenvalue weighted by atomic mass is 79.9. The Bertz CT molecular complexity index is 899. The van der Waals surface area contributed by atoms with Crippen molar-refractivity contribution in [2.75, 3.05) is 26.2 Å². The Morgan fingerprint density at radius 2 is 1.84 bits per heavy atom. The Morgan fingerprint density at radius 3 is 2.48 bits per heavy atom. The fourth-order valence-electron chi connectivity index (χ4n) is 2.62. The number of aromatic nitrogens is 1. The predicted octanol–water partition coefficient (Wildman–Crippen LogP) is 2.64. The number of amides is 1. The van der Waals surface area contributed by atoms with Crippen molar-refractivity contribution in [1.29, 1.82) is 0 Å². The van der Waals surface area contributed by atoms with Crippen molar-refractivity contribution in [1.82, 2.24) is 14.2 Å². The van der Waals surface area contributed by atoms with Crippen LogP contribution in [0.1, 0.15) is 10.4 Å². The first kappa shape index (κ1) is 18.3. The van der Waals surface area contributed by atoms with Crippen LogP contribution in [0.5, 0.6) is 0 Å². The average molecular weight is 445 g/mol. The molecule has 132 valence electrons. The molecule has 1 aromatic carbocycles. The third-order valence-corrected chi connectivity index (χ3v) is 6.47. The summed E-state index contributed by atoms with van der Waals surface area (Å²) >= 11 is 9.18. The number of benzene rings is 1. The van der Waals surface area contributed by atoms with Gasteiger partial charge in [-0.25, -0.2) is 8.42 Å². The van der Waals surface area contributed by atoms with Crippen LogP contribution < -0.4 is 0 Å². The highest BCUT2D eigenvalue weighted by Crippen LogP contribution is 2.21. The standard InChI is InChI=1S/C16H15BrClN3O3S/c17-13-8-12(10-19-11-13)16(22)20-4-6-21(7-5-20)25(23,24)15-3-1-2-14(18)9-15/h1-3,8-11H,4-7H2. The minimum atomic E-state index is -3.61. The number of piperazine rings is 1. The lowest BCUT2D eigenvalue weighted by Crippen LogP contribution is -2.50. The number of nitrogens with zero attached hydrogens (tertiary/aromatic N) is 3. The lowest BCUT2D eigenvalue weighted by atomic mass is 10.2. The van der Waals surface area contributed by atoms with Crippen molar-refractivity contribution in [2.24, 2.45) is 0 Å². The van der Waals surface area contributed by atoms with E-state index in [-0.39, 0.29) is 23.9 Å². The number of rotatable bonds is 3. The predicted molar refractivity (Wildman–Crippen MR) is 98.1 cm³/mol. The summed E-state index contributed by atoms with van der Waals surface area (Å²) in [6.45, 7) is 1.13. The van der Waals surface area contributed by atoms with E-state index in [0.29, 0.717) is 23.7 Å². The number of carbonyl (C=O) groups is 1. The summed E-state index contributed by atoms with van der Waals surface area (Å²) in [5.41, 5.74) is 0.473. The number of carbonyl (C=O) groups excluding carboxylic acids is 1. The number of pyridine rings is 1. The van der Waals surface area contributed by atoms with Crippen molar-refractivity contribution in [3.63, 3.8) is 0 Å². The minimum absolute atomic E-state index is 0.159. The molecule has 1 aromatic heterocycles. The second-order valence-electron chi connectivity index (χ2n) is 5.55. The van der Waals surface area contributed by atoms with Gasteiger partial charge in [-0.05, 0) is 40.2 Å². The Labute approximate surface area is 159 Å². The van der Waals surface area contributed by atoms with Crippen LogP contribution in [0.2, 0.25) is 5.02 Å². The van der Waals surface area contributed by atoms with Gasteiger partial charge in [-0.1, -0.05) is 17.7 Å². The maximum atomic E-state index is 12.7. The van der Waals surface area contributed by atoms with E-state index in [0.717, 1.165) is 4.47 Å². The van der Waals surface area contributed by atoms with Crippen LogP contribution in [0.25, 0.3) is 0 Å². The fourth-order valence-corrected chi connectivity index (χ4v) is 4.71. The molecule has 0 spiro atoms. The molecule has 0 saturated carbocycles. The number of hydrogen-bond donors (Lipinski definition) is 0. The van der Waals surface area contributed by atoms with Gasteiger partial charge in [-0.2, -0.15) is 4.31 Å². The van der Waals surface area contributed by atoms with E-state index < -0.39 is 10.0 Å². The van der Waals surface area contributed by atoms with Crippen molar-refractivity contribution >= 4 is 43.5 Å². The van der Waals surface area contributed by atoms with Gasteiger partial charge in [-0.15, -0.1) is 0 Å². The molecule has 0 bridgehead atoms. The van der Waals surface area contributed by atoms with E-state index in [1.54, 1.807) is 29.3 Å². The first-order chi connectivity index (χ1) is 11.9. The molecule has 2 heterocycles. The molecule has 9 heteroatoms. The summed E-state index contributed by atoms with van der Waals surface area (Å²) in [4.78, 5) is 18.3. The van der Waals surface area contributed by atoms with Crippen LogP contribution in [0.3, 0.4) is 0 Å². The van der Waals surface area contributed by atoms with Gasteiger partial charge in [0.2, 0.25) is 10.0 Å². The van der Waals surface area contributed by atoms with Crippen molar-refractivity contribution < 1.29 is 13.2 Å². The van der Waals surface area contributed by atoms with E-state index in [1.807, 2.05) is 0 Å². The van der Waals surface area contributed by atoms with Crippen LogP contribution in [0.15, 0.2) is 52.1 Å². The summed E-state index contributed by atoms with van der Waals surface area (Å²) in [6, 6.07) is 7.89. The SMILES string of the molecule is O=C(c1cncc(Br)c1)N1CCN(S(=O)(=O)c2cccc(Cl)c2)CC1. The fraction of sp³-hybridized carbons (Fsp3) is 0.250. The Balaban J connectivity index is 1.70. The smallest absolute Gasteiger partial charge is 0.255 e. The molecular weight excluding hydrogens is 430 g/mol. The topological polar surface area (TPSA) is 70.6 Å². The largest absolute Gasteiger partial charge is 0.336 e. The first-order valence-corrected chi connectivity index (χ1v) is 10.1. The zero-order valence-electron chi connectivity index (χ0n) is 13.1. The Kier molecular flexibility index (Phi) is 5.43. The maximum Gasteiger partial charge on any atom is 0.255 e. The van der Waals surface area contributed by atoms with Gasteiger partial charge >= 0.3 is 0 Å². The van der Waals surface area contributed by atoms with Gasteiger partial charge in [0.05, 0.1) is 10.5 Å². The molecule has 2 aromatic rings. The molecule has 0 aliphatic carbocycles. The third-order valence-electron chi connectivity index (χ3n) is 3.91. The molecule has 25 heavy (non-hydrogen) atoms. The van der Waals surface area contributed by atoms with E-state index in [9.17, 15) is 13.2 Å². The average Bonchev–Trinajstić information content (AvgIpc) is 2.61. The van der Waals surface area contributed by atoms with E-state index in [4.69, 9.17) is 11.6 Å². The van der Waals surface area contributed by atoms with Crippen LogP contribution in [0.4, 0.5) is 0 Å². The van der Waals surface area contributed by atoms with Gasteiger partial charge in [-0.3, -0.25) is 9.78 Å². The van der Waals surface area contributed by atoms with Crippen LogP contribution in [0, 0.1) is 0 Å². The highest BCUT2D eigenvalue weighted by molar-refractivity contribution is 9.10. The summed E-state index contributed by atoms with van der Waals surface area (Å²) in [5.74, 6) is -0.159. The molecule has 0 unspecified atom stereocenters. The molecule has 1 fully saturated rings. The molecule has 1 aliphatic heterocycles. The first-order valence-electron chi connectivity index (χ1n) is 7.53. The second-order valence-corrected chi connectivity index (χ2v) is 8.84. The van der Waals surface area contributed by atoms with Gasteiger partial charge in [0, 0.05) is 48.1 Å². The van der Waals surface area contributed by atoms with Crippen LogP contribution in [-0.2, 0) is 10.0 Å². The molecule has 6 nitrogen and oxygen atoms in total. The van der Waals surface area contributed by atoms with Gasteiger partial charge in [0.25, 0.3) is 5.91 Å². The Hall–Kier alpha value is -1.48. The van der Waals surface area contributed by atoms with Crippen molar-refractivity contribution in [2.45, 2.75) is 4.90 Å². The summed E-state index contributed by atoms with van der Waals surface area (Å²) in [5, 5.41) is 0.372. The molecule has 1 saturated heterocycles. The third kappa shape index (κ3) is 4.03. The zero-order valence-corrected chi connectivity index (χ0v) is 16.3. The van der Waals surface area contributed by atoms with Crippen molar-refractivity contribution in [3.8, 4) is 0 Å². The molecule has 1 amide bonds. The van der Waals surface area contributed by atoms with Crippen LogP contribution >= 0.6 is 27.5 Å². The molecular formula is C16H15BrClN3O3S. The van der Waals surface area contributed by atoms with E-state index in [1.165, 1.54) is 22.6 Å². The minimum Gasteiger partial charge on any atom is -0.336 e. The second kappa shape index (κ2) is 7.41. The molecule has 0 radical (unpaired) electrons. The van der Waals surface area contributed by atoms with E-state index >= 15 is 0 Å². The summed E-state index contributed by atoms with van der Waals surface area (Å²) < 4.78 is 27.5. The lowest BCUT2D eigenvalue weighted by Gasteiger charge is -2.34. The van der Waals surface area contributed by atoms with Crippen molar-refractivity contribution in [3.05, 3.63) is 57.8 Å². The van der Waals surface area contributed by atoms with E-state index in [2.05, 4.69) is 20.9 Å². The number of halogens is 2. The van der Waals surface area contributed by atoms with Crippen LogP contribution in [-0.4, -0.2) is 54.7 Å². The normalized spacial score (nSPS) is 16.0. The quantitative estimate of drug-likeness (QED) is 0.730. The Morgan fingerprint density at radius 1 is 1.12 bits per heavy atom. The molecule has 0 atom stereocenters. The summed E-state index contributed by atoms with van der Waals surface area (Å²) in [6.07, 6.45) is 3.11.